The molecule has 1 heterocycles. The van der Waals surface area contributed by atoms with Gasteiger partial charge in [-0.15, -0.1) is 0 Å². The van der Waals surface area contributed by atoms with Gasteiger partial charge in [0.1, 0.15) is 0 Å². The monoisotopic (exact) mass is 427 g/mol. The quantitative estimate of drug-likeness (QED) is 0.652. The van der Waals surface area contributed by atoms with Gasteiger partial charge in [0.15, 0.2) is 5.69 Å². The van der Waals surface area contributed by atoms with Gasteiger partial charge in [0, 0.05) is 17.3 Å². The third kappa shape index (κ3) is 4.35. The van der Waals surface area contributed by atoms with Gasteiger partial charge in [0.25, 0.3) is 5.91 Å². The van der Waals surface area contributed by atoms with E-state index >= 15 is 0 Å². The minimum atomic E-state index is -4.61. The van der Waals surface area contributed by atoms with E-state index in [0.29, 0.717) is 16.8 Å². The maximum Gasteiger partial charge on any atom is 0.416 e. The molecule has 144 valence electrons. The summed E-state index contributed by atoms with van der Waals surface area (Å²) in [5.74, 6) is -0.991. The van der Waals surface area contributed by atoms with Crippen LogP contribution in [0.2, 0.25) is 10.0 Å². The number of carbonyl (C=O) groups is 1. The molecular formula is C18H10Cl2F3N3O2. The molecule has 28 heavy (non-hydrogen) atoms. The van der Waals surface area contributed by atoms with Crippen molar-refractivity contribution in [2.45, 2.75) is 6.18 Å². The van der Waals surface area contributed by atoms with E-state index in [4.69, 9.17) is 23.2 Å². The van der Waals surface area contributed by atoms with E-state index in [9.17, 15) is 22.8 Å². The Labute approximate surface area is 166 Å². The molecule has 2 aromatic carbocycles. The average Bonchev–Trinajstić information content (AvgIpc) is 2.63. The Morgan fingerprint density at radius 2 is 1.71 bits per heavy atom. The summed E-state index contributed by atoms with van der Waals surface area (Å²) in [6.45, 7) is 0. The summed E-state index contributed by atoms with van der Waals surface area (Å²) in [6.07, 6.45) is -3.27. The largest absolute Gasteiger partial charge is 0.416 e. The standard InChI is InChI=1S/C18H10Cl2F3N3O2/c19-11-2-4-12(5-3-11)26-8-7-15(27)16(25-26)17(28)24-14-9-10(18(21,22)23)1-6-13(14)20/h1-9H,(H,24,28). The lowest BCUT2D eigenvalue weighted by atomic mass is 10.2. The molecule has 0 aliphatic carbocycles. The Kier molecular flexibility index (Phi) is 5.44. The van der Waals surface area contributed by atoms with Crippen LogP contribution in [0.25, 0.3) is 5.69 Å². The molecule has 0 saturated heterocycles. The molecule has 0 aliphatic heterocycles. The molecule has 5 nitrogen and oxygen atoms in total. The lowest BCUT2D eigenvalue weighted by Gasteiger charge is -2.12. The first kappa shape index (κ1) is 19.9. The Morgan fingerprint density at radius 3 is 2.36 bits per heavy atom. The van der Waals surface area contributed by atoms with E-state index in [2.05, 4.69) is 10.4 Å². The molecule has 0 radical (unpaired) electrons. The number of nitrogens with zero attached hydrogens (tertiary/aromatic N) is 2. The van der Waals surface area contributed by atoms with Crippen molar-refractivity contribution in [1.82, 2.24) is 9.78 Å². The fourth-order valence-corrected chi connectivity index (χ4v) is 2.57. The smallest absolute Gasteiger partial charge is 0.319 e. The van der Waals surface area contributed by atoms with Gasteiger partial charge < -0.3 is 5.32 Å². The normalized spacial score (nSPS) is 11.3. The van der Waals surface area contributed by atoms with Crippen LogP contribution in [-0.4, -0.2) is 15.7 Å². The molecule has 1 aromatic heterocycles. The first-order valence-corrected chi connectivity index (χ1v) is 8.45. The predicted molar refractivity (Wildman–Crippen MR) is 99.3 cm³/mol. The van der Waals surface area contributed by atoms with Crippen LogP contribution in [0.1, 0.15) is 16.1 Å². The number of anilines is 1. The highest BCUT2D eigenvalue weighted by atomic mass is 35.5. The van der Waals surface area contributed by atoms with Crippen molar-refractivity contribution in [3.63, 3.8) is 0 Å². The van der Waals surface area contributed by atoms with Crippen molar-refractivity contribution in [3.8, 4) is 5.69 Å². The zero-order valence-electron chi connectivity index (χ0n) is 13.8. The van der Waals surface area contributed by atoms with E-state index in [1.165, 1.54) is 10.9 Å². The van der Waals surface area contributed by atoms with Crippen LogP contribution >= 0.6 is 23.2 Å². The molecule has 10 heteroatoms. The maximum atomic E-state index is 12.9. The van der Waals surface area contributed by atoms with Crippen LogP contribution in [0.15, 0.2) is 59.5 Å². The summed E-state index contributed by atoms with van der Waals surface area (Å²) in [5.41, 5.74) is -1.97. The SMILES string of the molecule is O=C(Nc1cc(C(F)(F)F)ccc1Cl)c1nn(-c2ccc(Cl)cc2)ccc1=O. The van der Waals surface area contributed by atoms with Gasteiger partial charge in [-0.3, -0.25) is 9.59 Å². The van der Waals surface area contributed by atoms with Crippen LogP contribution in [0.3, 0.4) is 0 Å². The van der Waals surface area contributed by atoms with Crippen molar-refractivity contribution in [2.75, 3.05) is 5.32 Å². The Bertz CT molecular complexity index is 1100. The van der Waals surface area contributed by atoms with Crippen molar-refractivity contribution in [3.05, 3.63) is 86.3 Å². The Hall–Kier alpha value is -2.84. The molecule has 0 spiro atoms. The highest BCUT2D eigenvalue weighted by molar-refractivity contribution is 6.34. The minimum Gasteiger partial charge on any atom is -0.319 e. The third-order valence-electron chi connectivity index (χ3n) is 3.66. The summed E-state index contributed by atoms with van der Waals surface area (Å²) in [5, 5.41) is 6.53. The lowest BCUT2D eigenvalue weighted by molar-refractivity contribution is -0.137. The van der Waals surface area contributed by atoms with E-state index in [1.54, 1.807) is 24.3 Å². The van der Waals surface area contributed by atoms with E-state index in [-0.39, 0.29) is 10.7 Å². The first-order chi connectivity index (χ1) is 13.1. The molecule has 0 unspecified atom stereocenters. The molecule has 0 fully saturated rings. The van der Waals surface area contributed by atoms with Gasteiger partial charge in [0.05, 0.1) is 22.0 Å². The van der Waals surface area contributed by atoms with Crippen molar-refractivity contribution in [2.24, 2.45) is 0 Å². The van der Waals surface area contributed by atoms with Crippen molar-refractivity contribution in [1.29, 1.82) is 0 Å². The number of nitrogens with one attached hydrogen (secondary N) is 1. The molecule has 0 aliphatic rings. The molecule has 0 bridgehead atoms. The van der Waals surface area contributed by atoms with E-state index < -0.39 is 28.8 Å². The second-order valence-corrected chi connectivity index (χ2v) is 6.44. The Balaban J connectivity index is 1.94. The van der Waals surface area contributed by atoms with Gasteiger partial charge in [-0.05, 0) is 42.5 Å². The molecular weight excluding hydrogens is 418 g/mol. The number of alkyl halides is 3. The third-order valence-corrected chi connectivity index (χ3v) is 4.24. The molecule has 1 amide bonds. The highest BCUT2D eigenvalue weighted by Gasteiger charge is 2.31. The minimum absolute atomic E-state index is 0.115. The second kappa shape index (κ2) is 7.65. The zero-order chi connectivity index (χ0) is 20.5. The van der Waals surface area contributed by atoms with Crippen molar-refractivity contribution < 1.29 is 18.0 Å². The van der Waals surface area contributed by atoms with Gasteiger partial charge in [-0.25, -0.2) is 4.68 Å². The molecule has 0 saturated carbocycles. The van der Waals surface area contributed by atoms with Crippen LogP contribution in [0.5, 0.6) is 0 Å². The maximum absolute atomic E-state index is 12.9. The zero-order valence-corrected chi connectivity index (χ0v) is 15.3. The lowest BCUT2D eigenvalue weighted by Crippen LogP contribution is -2.25. The fraction of sp³-hybridized carbons (Fsp3) is 0.0556. The first-order valence-electron chi connectivity index (χ1n) is 7.69. The highest BCUT2D eigenvalue weighted by Crippen LogP contribution is 2.33. The summed E-state index contributed by atoms with van der Waals surface area (Å²) in [4.78, 5) is 24.5. The number of rotatable bonds is 3. The summed E-state index contributed by atoms with van der Waals surface area (Å²) in [7, 11) is 0. The van der Waals surface area contributed by atoms with Crippen LogP contribution in [0.4, 0.5) is 18.9 Å². The topological polar surface area (TPSA) is 64.0 Å². The number of hydrogen-bond donors (Lipinski definition) is 1. The molecule has 3 rings (SSSR count). The van der Waals surface area contributed by atoms with Gasteiger partial charge >= 0.3 is 6.18 Å². The number of amides is 1. The number of halogens is 5. The van der Waals surface area contributed by atoms with Crippen LogP contribution in [0, 0.1) is 0 Å². The fourth-order valence-electron chi connectivity index (χ4n) is 2.28. The number of hydrogen-bond acceptors (Lipinski definition) is 3. The van der Waals surface area contributed by atoms with Crippen LogP contribution in [-0.2, 0) is 6.18 Å². The summed E-state index contributed by atoms with van der Waals surface area (Å²) in [6, 6.07) is 10.0. The summed E-state index contributed by atoms with van der Waals surface area (Å²) < 4.78 is 39.9. The Morgan fingerprint density at radius 1 is 1.04 bits per heavy atom. The number of carbonyl (C=O) groups excluding carboxylic acids is 1. The summed E-state index contributed by atoms with van der Waals surface area (Å²) >= 11 is 11.7. The molecule has 1 N–H and O–H groups in total. The molecule has 3 aromatic rings. The molecule has 0 atom stereocenters. The van der Waals surface area contributed by atoms with E-state index in [0.717, 1.165) is 18.2 Å². The van der Waals surface area contributed by atoms with Gasteiger partial charge in [-0.1, -0.05) is 23.2 Å². The predicted octanol–water partition coefficient (Wildman–Crippen LogP) is 4.81. The number of benzene rings is 2. The van der Waals surface area contributed by atoms with Crippen LogP contribution < -0.4 is 10.7 Å². The van der Waals surface area contributed by atoms with Gasteiger partial charge in [0.2, 0.25) is 5.43 Å². The van der Waals surface area contributed by atoms with E-state index in [1.807, 2.05) is 0 Å². The van der Waals surface area contributed by atoms with Crippen molar-refractivity contribution >= 4 is 34.8 Å². The van der Waals surface area contributed by atoms with Gasteiger partial charge in [-0.2, -0.15) is 18.3 Å². The number of aromatic nitrogens is 2. The average molecular weight is 428 g/mol. The second-order valence-electron chi connectivity index (χ2n) is 5.60.